The predicted octanol–water partition coefficient (Wildman–Crippen LogP) is 3.24. The van der Waals surface area contributed by atoms with E-state index >= 15 is 0 Å². The summed E-state index contributed by atoms with van der Waals surface area (Å²) in [6.45, 7) is 8.06. The van der Waals surface area contributed by atoms with Crippen molar-refractivity contribution < 1.29 is 4.89 Å². The Bertz CT molecular complexity index is 335. The standard InChI is InChI=1S/C12H17OP/c1-5-11(4)14(13)12-7-9(2)6-10(3)8-12/h5-8,13H,1-4H3/b11-5+. The zero-order valence-corrected chi connectivity index (χ0v) is 10.1. The average molecular weight is 208 g/mol. The van der Waals surface area contributed by atoms with Gasteiger partial charge < -0.3 is 4.89 Å². The second-order valence-electron chi connectivity index (χ2n) is 3.59. The lowest BCUT2D eigenvalue weighted by atomic mass is 10.2. The van der Waals surface area contributed by atoms with Crippen LogP contribution in [0.1, 0.15) is 25.0 Å². The van der Waals surface area contributed by atoms with Crippen LogP contribution in [0.4, 0.5) is 0 Å². The molecule has 76 valence electrons. The quantitative estimate of drug-likeness (QED) is 0.740. The van der Waals surface area contributed by atoms with Gasteiger partial charge in [0, 0.05) is 5.30 Å². The Kier molecular flexibility index (Phi) is 3.86. The van der Waals surface area contributed by atoms with Crippen molar-refractivity contribution in [3.05, 3.63) is 40.7 Å². The second kappa shape index (κ2) is 4.72. The van der Waals surface area contributed by atoms with Crippen LogP contribution in [-0.4, -0.2) is 4.89 Å². The average Bonchev–Trinajstić information content (AvgIpc) is 2.14. The van der Waals surface area contributed by atoms with Crippen molar-refractivity contribution in [2.45, 2.75) is 27.7 Å². The van der Waals surface area contributed by atoms with Crippen LogP contribution in [0.25, 0.3) is 0 Å². The van der Waals surface area contributed by atoms with Crippen LogP contribution < -0.4 is 5.30 Å². The second-order valence-corrected chi connectivity index (χ2v) is 5.43. The van der Waals surface area contributed by atoms with Gasteiger partial charge in [0.25, 0.3) is 0 Å². The fourth-order valence-corrected chi connectivity index (χ4v) is 2.70. The van der Waals surface area contributed by atoms with Gasteiger partial charge in [0.15, 0.2) is 0 Å². The highest BCUT2D eigenvalue weighted by atomic mass is 31.1. The largest absolute Gasteiger partial charge is 0.365 e. The number of allylic oxidation sites excluding steroid dienone is 2. The van der Waals surface area contributed by atoms with Crippen molar-refractivity contribution in [2.24, 2.45) is 0 Å². The summed E-state index contributed by atoms with van der Waals surface area (Å²) in [7, 11) is -1.11. The zero-order valence-electron chi connectivity index (χ0n) is 9.20. The Labute approximate surface area is 87.3 Å². The monoisotopic (exact) mass is 208 g/mol. The number of aryl methyl sites for hydroxylation is 2. The molecule has 0 aliphatic heterocycles. The third-order valence-corrected chi connectivity index (χ3v) is 3.88. The molecule has 0 saturated heterocycles. The van der Waals surface area contributed by atoms with E-state index in [4.69, 9.17) is 0 Å². The molecule has 0 heterocycles. The summed E-state index contributed by atoms with van der Waals surface area (Å²) in [5.74, 6) is 0. The van der Waals surface area contributed by atoms with E-state index in [1.54, 1.807) is 0 Å². The van der Waals surface area contributed by atoms with Crippen molar-refractivity contribution in [3.8, 4) is 0 Å². The molecule has 1 rings (SSSR count). The Morgan fingerprint density at radius 3 is 2.14 bits per heavy atom. The third kappa shape index (κ3) is 2.67. The van der Waals surface area contributed by atoms with Gasteiger partial charge in [0.2, 0.25) is 0 Å². The molecule has 1 aromatic rings. The molecule has 0 spiro atoms. The number of rotatable bonds is 2. The van der Waals surface area contributed by atoms with Crippen LogP contribution in [0.3, 0.4) is 0 Å². The minimum atomic E-state index is -1.11. The first-order valence-corrected chi connectivity index (χ1v) is 6.04. The Morgan fingerprint density at radius 2 is 1.71 bits per heavy atom. The maximum Gasteiger partial charge on any atom is 0.0829 e. The van der Waals surface area contributed by atoms with Crippen molar-refractivity contribution in [3.63, 3.8) is 0 Å². The highest BCUT2D eigenvalue weighted by Crippen LogP contribution is 2.38. The molecule has 0 fully saturated rings. The summed E-state index contributed by atoms with van der Waals surface area (Å²) in [4.78, 5) is 10.0. The molecule has 0 radical (unpaired) electrons. The van der Waals surface area contributed by atoms with Gasteiger partial charge in [-0.3, -0.25) is 0 Å². The maximum atomic E-state index is 10.0. The van der Waals surface area contributed by atoms with Crippen LogP contribution in [-0.2, 0) is 0 Å². The summed E-state index contributed by atoms with van der Waals surface area (Å²) in [5.41, 5.74) is 2.43. The molecule has 0 aliphatic carbocycles. The normalized spacial score (nSPS) is 14.2. The van der Waals surface area contributed by atoms with Crippen LogP contribution in [0.5, 0.6) is 0 Å². The topological polar surface area (TPSA) is 20.2 Å². The molecule has 14 heavy (non-hydrogen) atoms. The molecule has 0 aromatic heterocycles. The van der Waals surface area contributed by atoms with E-state index in [1.807, 2.05) is 19.9 Å². The van der Waals surface area contributed by atoms with E-state index < -0.39 is 8.15 Å². The maximum absolute atomic E-state index is 10.0. The van der Waals surface area contributed by atoms with Gasteiger partial charge in [-0.05, 0) is 45.1 Å². The fourth-order valence-electron chi connectivity index (χ4n) is 1.40. The molecule has 1 atom stereocenters. The van der Waals surface area contributed by atoms with Gasteiger partial charge in [-0.1, -0.05) is 23.3 Å². The highest BCUT2D eigenvalue weighted by Gasteiger charge is 2.09. The smallest absolute Gasteiger partial charge is 0.0829 e. The van der Waals surface area contributed by atoms with Gasteiger partial charge in [-0.25, -0.2) is 0 Å². The molecular weight excluding hydrogens is 191 g/mol. The summed E-state index contributed by atoms with van der Waals surface area (Å²) in [5, 5.41) is 2.11. The van der Waals surface area contributed by atoms with Crippen LogP contribution in [0.15, 0.2) is 29.6 Å². The summed E-state index contributed by atoms with van der Waals surface area (Å²) in [6, 6.07) is 6.25. The summed E-state index contributed by atoms with van der Waals surface area (Å²) in [6.07, 6.45) is 1.98. The van der Waals surface area contributed by atoms with Crippen molar-refractivity contribution >= 4 is 13.5 Å². The molecule has 1 nitrogen and oxygen atoms in total. The van der Waals surface area contributed by atoms with Gasteiger partial charge in [-0.15, -0.1) is 0 Å². The molecule has 1 unspecified atom stereocenters. The van der Waals surface area contributed by atoms with E-state index in [-0.39, 0.29) is 0 Å². The van der Waals surface area contributed by atoms with Gasteiger partial charge in [0.05, 0.1) is 8.15 Å². The van der Waals surface area contributed by atoms with E-state index in [0.29, 0.717) is 0 Å². The lowest BCUT2D eigenvalue weighted by Gasteiger charge is -2.12. The Hall–Kier alpha value is -0.650. The first-order chi connectivity index (χ1) is 6.54. The van der Waals surface area contributed by atoms with Gasteiger partial charge in [-0.2, -0.15) is 0 Å². The molecule has 1 N–H and O–H groups in total. The number of benzene rings is 1. The Balaban J connectivity index is 3.07. The molecule has 0 bridgehead atoms. The molecular formula is C12H17OP. The van der Waals surface area contributed by atoms with Crippen LogP contribution in [0, 0.1) is 13.8 Å². The molecule has 0 saturated carbocycles. The van der Waals surface area contributed by atoms with Crippen molar-refractivity contribution in [1.29, 1.82) is 0 Å². The molecule has 1 aromatic carbocycles. The summed E-state index contributed by atoms with van der Waals surface area (Å²) < 4.78 is 0. The minimum Gasteiger partial charge on any atom is -0.365 e. The zero-order chi connectivity index (χ0) is 10.7. The molecule has 0 aliphatic rings. The number of hydrogen-bond acceptors (Lipinski definition) is 1. The van der Waals surface area contributed by atoms with E-state index in [2.05, 4.69) is 32.0 Å². The highest BCUT2D eigenvalue weighted by molar-refractivity contribution is 7.64. The minimum absolute atomic E-state index is 1.05. The van der Waals surface area contributed by atoms with Crippen molar-refractivity contribution in [2.75, 3.05) is 0 Å². The summed E-state index contributed by atoms with van der Waals surface area (Å²) >= 11 is 0. The van der Waals surface area contributed by atoms with Gasteiger partial charge >= 0.3 is 0 Å². The first kappa shape index (κ1) is 11.4. The van der Waals surface area contributed by atoms with Crippen LogP contribution in [0.2, 0.25) is 0 Å². The predicted molar refractivity (Wildman–Crippen MR) is 64.1 cm³/mol. The fraction of sp³-hybridized carbons (Fsp3) is 0.333. The van der Waals surface area contributed by atoms with E-state index in [9.17, 15) is 4.89 Å². The number of hydrogen-bond donors (Lipinski definition) is 1. The third-order valence-electron chi connectivity index (χ3n) is 2.20. The molecule has 0 amide bonds. The molecule has 2 heteroatoms. The first-order valence-electron chi connectivity index (χ1n) is 4.75. The van der Waals surface area contributed by atoms with Crippen LogP contribution >= 0.6 is 8.15 Å². The van der Waals surface area contributed by atoms with Gasteiger partial charge in [0.1, 0.15) is 0 Å². The van der Waals surface area contributed by atoms with E-state index in [1.165, 1.54) is 11.1 Å². The van der Waals surface area contributed by atoms with E-state index in [0.717, 1.165) is 10.6 Å². The lowest BCUT2D eigenvalue weighted by Crippen LogP contribution is -2.02. The SMILES string of the molecule is C/C=C(\C)P(O)c1cc(C)cc(C)c1. The Morgan fingerprint density at radius 1 is 1.21 bits per heavy atom. The van der Waals surface area contributed by atoms with Crippen molar-refractivity contribution in [1.82, 2.24) is 0 Å². The lowest BCUT2D eigenvalue weighted by molar-refractivity contribution is 0.641.